The molecule has 0 saturated heterocycles. The molecule has 10 rings (SSSR count). The van der Waals surface area contributed by atoms with Gasteiger partial charge in [-0.15, -0.1) is 0 Å². The third kappa shape index (κ3) is 5.26. The molecule has 0 atom stereocenters. The van der Waals surface area contributed by atoms with Gasteiger partial charge in [-0.3, -0.25) is 0 Å². The van der Waals surface area contributed by atoms with Crippen LogP contribution in [0.5, 0.6) is 0 Å². The number of rotatable bonds is 3. The summed E-state index contributed by atoms with van der Waals surface area (Å²) in [5.74, 6) is 0. The van der Waals surface area contributed by atoms with Crippen molar-refractivity contribution in [3.63, 3.8) is 0 Å². The van der Waals surface area contributed by atoms with Crippen LogP contribution in [0.2, 0.25) is 0 Å². The van der Waals surface area contributed by atoms with E-state index in [9.17, 15) is 0 Å². The Kier molecular flexibility index (Phi) is 7.70. The normalized spacial score (nSPS) is 15.5. The molecule has 0 N–H and O–H groups in total. The molecule has 0 bridgehead atoms. The predicted octanol–water partition coefficient (Wildman–Crippen LogP) is 14.1. The minimum absolute atomic E-state index is 1.04. The van der Waals surface area contributed by atoms with Gasteiger partial charge in [-0.05, 0) is 95.0 Å². The van der Waals surface area contributed by atoms with Gasteiger partial charge in [0.25, 0.3) is 0 Å². The standard InChI is InChI=1S/C48H35NS2/c1-3-15-32(16-4-1)35-22-14-28-46-47(35)41-21-9-12-27-45(41)50-44-26-11-8-20-39(44)40-24-13-23-36(48(40)51-46)33-29-30-38-37-19-7-10-25-42(37)49(43(38)31-33)34-17-5-2-6-18-34/h1-7,10,12-20,22-31H,8-9,11,21H2. The van der Waals surface area contributed by atoms with E-state index in [4.69, 9.17) is 0 Å². The van der Waals surface area contributed by atoms with Crippen molar-refractivity contribution in [2.75, 3.05) is 0 Å². The molecule has 6 aromatic carbocycles. The Labute approximate surface area is 307 Å². The van der Waals surface area contributed by atoms with Crippen LogP contribution >= 0.6 is 23.5 Å². The first-order valence-electron chi connectivity index (χ1n) is 17.9. The van der Waals surface area contributed by atoms with Crippen LogP contribution < -0.4 is 0 Å². The topological polar surface area (TPSA) is 4.93 Å². The number of thioether (sulfide) groups is 1. The van der Waals surface area contributed by atoms with E-state index in [1.165, 1.54) is 91.6 Å². The van der Waals surface area contributed by atoms with E-state index in [1.54, 1.807) is 0 Å². The van der Waals surface area contributed by atoms with Gasteiger partial charge in [-0.2, -0.15) is 0 Å². The van der Waals surface area contributed by atoms with Crippen molar-refractivity contribution in [3.05, 3.63) is 185 Å². The second kappa shape index (κ2) is 12.8. The second-order valence-electron chi connectivity index (χ2n) is 13.4. The molecule has 0 amide bonds. The Morgan fingerprint density at radius 1 is 0.529 bits per heavy atom. The summed E-state index contributed by atoms with van der Waals surface area (Å²) >= 11 is 3.92. The van der Waals surface area contributed by atoms with Crippen LogP contribution in [0.1, 0.15) is 36.8 Å². The molecule has 3 aliphatic rings. The number of allylic oxidation sites excluding steroid dienone is 6. The van der Waals surface area contributed by atoms with Gasteiger partial charge in [0.15, 0.2) is 0 Å². The highest BCUT2D eigenvalue weighted by molar-refractivity contribution is 8.07. The molecule has 0 spiro atoms. The quantitative estimate of drug-likeness (QED) is 0.182. The van der Waals surface area contributed by atoms with Crippen molar-refractivity contribution >= 4 is 56.5 Å². The lowest BCUT2D eigenvalue weighted by Gasteiger charge is -2.27. The molecule has 1 aliphatic heterocycles. The van der Waals surface area contributed by atoms with Gasteiger partial charge < -0.3 is 4.57 Å². The first-order valence-corrected chi connectivity index (χ1v) is 19.5. The molecule has 3 heteroatoms. The summed E-state index contributed by atoms with van der Waals surface area (Å²) in [5.41, 5.74) is 14.2. The Balaban J connectivity index is 1.24. The van der Waals surface area contributed by atoms with Gasteiger partial charge in [-0.1, -0.05) is 157 Å². The largest absolute Gasteiger partial charge is 0.309 e. The fourth-order valence-corrected chi connectivity index (χ4v) is 10.6. The maximum absolute atomic E-state index is 2.48. The van der Waals surface area contributed by atoms with Gasteiger partial charge in [0.05, 0.1) is 11.0 Å². The third-order valence-electron chi connectivity index (χ3n) is 10.4. The van der Waals surface area contributed by atoms with E-state index < -0.39 is 0 Å². The number of hydrogen-bond donors (Lipinski definition) is 0. The minimum Gasteiger partial charge on any atom is -0.309 e. The minimum atomic E-state index is 1.04. The molecule has 2 aliphatic carbocycles. The Morgan fingerprint density at radius 2 is 1.27 bits per heavy atom. The van der Waals surface area contributed by atoms with Gasteiger partial charge in [0, 0.05) is 41.6 Å². The Morgan fingerprint density at radius 3 is 2.18 bits per heavy atom. The zero-order valence-electron chi connectivity index (χ0n) is 28.2. The van der Waals surface area contributed by atoms with E-state index in [-0.39, 0.29) is 0 Å². The highest BCUT2D eigenvalue weighted by Gasteiger charge is 2.27. The Hall–Kier alpha value is -5.22. The highest BCUT2D eigenvalue weighted by Crippen LogP contribution is 2.53. The molecule has 51 heavy (non-hydrogen) atoms. The van der Waals surface area contributed by atoms with Gasteiger partial charge in [0.2, 0.25) is 0 Å². The fraction of sp³-hybridized carbons (Fsp3) is 0.0833. The maximum Gasteiger partial charge on any atom is 0.0547 e. The average Bonchev–Trinajstić information content (AvgIpc) is 3.53. The van der Waals surface area contributed by atoms with E-state index in [0.717, 1.165) is 25.7 Å². The zero-order chi connectivity index (χ0) is 33.7. The van der Waals surface area contributed by atoms with E-state index in [2.05, 4.69) is 168 Å². The molecule has 0 fully saturated rings. The molecule has 0 radical (unpaired) electrons. The van der Waals surface area contributed by atoms with Crippen LogP contribution in [0.4, 0.5) is 0 Å². The van der Waals surface area contributed by atoms with Gasteiger partial charge >= 0.3 is 0 Å². The zero-order valence-corrected chi connectivity index (χ0v) is 29.8. The SMILES string of the molecule is C1=CC2=C(CC1)c1c(cccc1-c1ccccc1)Sc1c(cccc1-c1ccc3c4ccccc4n(-c4ccccc4)c3c1)C1=CCCC=C1S2. The summed E-state index contributed by atoms with van der Waals surface area (Å²) in [6, 6.07) is 51.5. The van der Waals surface area contributed by atoms with Crippen LogP contribution in [0, 0.1) is 0 Å². The predicted molar refractivity (Wildman–Crippen MR) is 220 cm³/mol. The monoisotopic (exact) mass is 689 g/mol. The molecular formula is C48H35NS2. The molecule has 7 aromatic rings. The number of aromatic nitrogens is 1. The van der Waals surface area contributed by atoms with Crippen LogP contribution in [0.15, 0.2) is 183 Å². The van der Waals surface area contributed by atoms with Crippen molar-refractivity contribution < 1.29 is 0 Å². The number of para-hydroxylation sites is 2. The first kappa shape index (κ1) is 30.6. The molecule has 0 unspecified atom stereocenters. The van der Waals surface area contributed by atoms with Gasteiger partial charge in [0.1, 0.15) is 0 Å². The van der Waals surface area contributed by atoms with Crippen LogP contribution in [-0.4, -0.2) is 4.57 Å². The van der Waals surface area contributed by atoms with Gasteiger partial charge in [-0.25, -0.2) is 0 Å². The number of benzene rings is 6. The Bertz CT molecular complexity index is 2620. The lowest BCUT2D eigenvalue weighted by Crippen LogP contribution is -2.03. The van der Waals surface area contributed by atoms with Crippen LogP contribution in [-0.2, 0) is 0 Å². The summed E-state index contributed by atoms with van der Waals surface area (Å²) in [4.78, 5) is 5.39. The molecule has 244 valence electrons. The van der Waals surface area contributed by atoms with Crippen LogP contribution in [0.25, 0.3) is 60.9 Å². The van der Waals surface area contributed by atoms with E-state index in [1.807, 2.05) is 23.5 Å². The number of hydrogen-bond acceptors (Lipinski definition) is 2. The highest BCUT2D eigenvalue weighted by atomic mass is 32.2. The summed E-state index contributed by atoms with van der Waals surface area (Å²) in [7, 11) is 0. The van der Waals surface area contributed by atoms with Crippen molar-refractivity contribution in [2.45, 2.75) is 35.5 Å². The summed E-state index contributed by atoms with van der Waals surface area (Å²) in [6.07, 6.45) is 13.9. The van der Waals surface area contributed by atoms with Crippen molar-refractivity contribution in [1.29, 1.82) is 0 Å². The lowest BCUT2D eigenvalue weighted by atomic mass is 9.90. The van der Waals surface area contributed by atoms with E-state index >= 15 is 0 Å². The molecule has 1 nitrogen and oxygen atoms in total. The average molecular weight is 690 g/mol. The maximum atomic E-state index is 2.48. The molecule has 2 heterocycles. The van der Waals surface area contributed by atoms with E-state index in [0.29, 0.717) is 0 Å². The summed E-state index contributed by atoms with van der Waals surface area (Å²) in [5, 5.41) is 2.55. The summed E-state index contributed by atoms with van der Waals surface area (Å²) in [6.45, 7) is 0. The lowest BCUT2D eigenvalue weighted by molar-refractivity contribution is 1.03. The fourth-order valence-electron chi connectivity index (χ4n) is 8.07. The smallest absolute Gasteiger partial charge is 0.0547 e. The third-order valence-corrected chi connectivity index (χ3v) is 12.8. The first-order chi connectivity index (χ1) is 25.3. The summed E-state index contributed by atoms with van der Waals surface area (Å²) < 4.78 is 2.43. The molecule has 0 saturated carbocycles. The van der Waals surface area contributed by atoms with Crippen molar-refractivity contribution in [2.24, 2.45) is 0 Å². The number of fused-ring (bicyclic) bond motifs is 8. The molecular weight excluding hydrogens is 655 g/mol. The van der Waals surface area contributed by atoms with Crippen LogP contribution in [0.3, 0.4) is 0 Å². The van der Waals surface area contributed by atoms with Crippen molar-refractivity contribution in [3.8, 4) is 27.9 Å². The van der Waals surface area contributed by atoms with Crippen molar-refractivity contribution in [1.82, 2.24) is 4.57 Å². The number of nitrogens with zero attached hydrogens (tertiary/aromatic N) is 1. The molecule has 1 aromatic heterocycles. The second-order valence-corrected chi connectivity index (χ2v) is 15.5.